The van der Waals surface area contributed by atoms with Gasteiger partial charge < -0.3 is 10.6 Å². The average molecular weight is 317 g/mol. The Morgan fingerprint density at radius 3 is 3.05 bits per heavy atom. The van der Waals surface area contributed by atoms with E-state index in [4.69, 9.17) is 23.2 Å². The van der Waals surface area contributed by atoms with Crippen molar-refractivity contribution in [3.8, 4) is 0 Å². The van der Waals surface area contributed by atoms with Gasteiger partial charge in [0, 0.05) is 6.42 Å². The van der Waals surface area contributed by atoms with E-state index in [9.17, 15) is 4.79 Å². The summed E-state index contributed by atoms with van der Waals surface area (Å²) in [4.78, 5) is 19.7. The molecule has 0 radical (unpaired) electrons. The number of aromatic nitrogens is 2. The second kappa shape index (κ2) is 7.20. The van der Waals surface area contributed by atoms with Crippen LogP contribution < -0.4 is 10.6 Å². The Hall–Kier alpha value is -0.910. The van der Waals surface area contributed by atoms with Crippen LogP contribution in [0.15, 0.2) is 6.33 Å². The fourth-order valence-electron chi connectivity index (χ4n) is 2.44. The number of anilines is 1. The number of nitrogens with one attached hydrogen (secondary N) is 2. The molecule has 0 saturated carbocycles. The van der Waals surface area contributed by atoms with Crippen LogP contribution in [-0.4, -0.2) is 29.0 Å². The minimum atomic E-state index is -0.0975. The molecule has 0 aromatic carbocycles. The Morgan fingerprint density at radius 2 is 2.35 bits per heavy atom. The number of amides is 1. The first-order valence-corrected chi connectivity index (χ1v) is 7.50. The van der Waals surface area contributed by atoms with Gasteiger partial charge in [0.25, 0.3) is 0 Å². The van der Waals surface area contributed by atoms with Crippen molar-refractivity contribution in [2.45, 2.75) is 26.2 Å². The van der Waals surface area contributed by atoms with E-state index in [1.165, 1.54) is 19.2 Å². The first-order chi connectivity index (χ1) is 9.58. The fraction of sp³-hybridized carbons (Fsp3) is 0.615. The standard InChI is InChI=1S/C13H18Cl2N4O/c1-8(9-3-2-4-16-6-9)5-10(20)19-13-11(14)12(15)17-7-18-13/h7-9,16H,2-6H2,1H3,(H,17,18,19,20). The Balaban J connectivity index is 1.90. The number of rotatable bonds is 4. The Bertz CT molecular complexity index is 477. The molecule has 1 fully saturated rings. The molecule has 2 unspecified atom stereocenters. The number of hydrogen-bond acceptors (Lipinski definition) is 4. The third kappa shape index (κ3) is 4.04. The van der Waals surface area contributed by atoms with Gasteiger partial charge >= 0.3 is 0 Å². The number of hydrogen-bond donors (Lipinski definition) is 2. The van der Waals surface area contributed by atoms with Crippen molar-refractivity contribution < 1.29 is 4.79 Å². The van der Waals surface area contributed by atoms with Crippen molar-refractivity contribution in [2.24, 2.45) is 11.8 Å². The number of carbonyl (C=O) groups is 1. The summed E-state index contributed by atoms with van der Waals surface area (Å²) < 4.78 is 0. The van der Waals surface area contributed by atoms with Crippen molar-refractivity contribution in [3.05, 3.63) is 16.5 Å². The fourth-order valence-corrected chi connectivity index (χ4v) is 2.72. The van der Waals surface area contributed by atoms with Crippen LogP contribution in [-0.2, 0) is 4.79 Å². The van der Waals surface area contributed by atoms with E-state index in [1.807, 2.05) is 0 Å². The number of piperidine rings is 1. The van der Waals surface area contributed by atoms with Gasteiger partial charge in [-0.2, -0.15) is 0 Å². The summed E-state index contributed by atoms with van der Waals surface area (Å²) in [5.41, 5.74) is 0. The summed E-state index contributed by atoms with van der Waals surface area (Å²) in [6.07, 6.45) is 4.06. The molecule has 1 aliphatic rings. The van der Waals surface area contributed by atoms with Gasteiger partial charge in [0.1, 0.15) is 11.3 Å². The second-order valence-electron chi connectivity index (χ2n) is 5.16. The molecule has 2 rings (SSSR count). The maximum atomic E-state index is 12.0. The van der Waals surface area contributed by atoms with Crippen molar-refractivity contribution in [1.82, 2.24) is 15.3 Å². The monoisotopic (exact) mass is 316 g/mol. The van der Waals surface area contributed by atoms with E-state index in [0.717, 1.165) is 13.1 Å². The lowest BCUT2D eigenvalue weighted by molar-refractivity contribution is -0.117. The van der Waals surface area contributed by atoms with Crippen molar-refractivity contribution in [2.75, 3.05) is 18.4 Å². The Labute approximate surface area is 128 Å². The van der Waals surface area contributed by atoms with E-state index >= 15 is 0 Å². The van der Waals surface area contributed by atoms with Gasteiger partial charge in [0.15, 0.2) is 11.0 Å². The van der Waals surface area contributed by atoms with Crippen LogP contribution in [0.5, 0.6) is 0 Å². The SMILES string of the molecule is CC(CC(=O)Nc1ncnc(Cl)c1Cl)C1CCCNC1. The lowest BCUT2D eigenvalue weighted by Gasteiger charge is -2.27. The number of carbonyl (C=O) groups excluding carboxylic acids is 1. The summed E-state index contributed by atoms with van der Waals surface area (Å²) >= 11 is 11.7. The van der Waals surface area contributed by atoms with Gasteiger partial charge in [-0.15, -0.1) is 0 Å². The smallest absolute Gasteiger partial charge is 0.225 e. The summed E-state index contributed by atoms with van der Waals surface area (Å²) in [6.45, 7) is 4.16. The van der Waals surface area contributed by atoms with E-state index < -0.39 is 0 Å². The first kappa shape index (κ1) is 15.5. The normalized spacial score (nSPS) is 20.4. The molecule has 110 valence electrons. The molecule has 2 N–H and O–H groups in total. The predicted octanol–water partition coefficient (Wildman–Crippen LogP) is 2.75. The predicted molar refractivity (Wildman–Crippen MR) is 80.1 cm³/mol. The summed E-state index contributed by atoms with van der Waals surface area (Å²) in [5, 5.41) is 6.37. The first-order valence-electron chi connectivity index (χ1n) is 6.74. The third-order valence-corrected chi connectivity index (χ3v) is 4.39. The van der Waals surface area contributed by atoms with Crippen molar-refractivity contribution in [3.63, 3.8) is 0 Å². The highest BCUT2D eigenvalue weighted by atomic mass is 35.5. The Kier molecular flexibility index (Phi) is 5.57. The highest BCUT2D eigenvalue weighted by molar-refractivity contribution is 6.42. The quantitative estimate of drug-likeness (QED) is 0.838. The lowest BCUT2D eigenvalue weighted by atomic mass is 9.85. The molecule has 20 heavy (non-hydrogen) atoms. The second-order valence-corrected chi connectivity index (χ2v) is 5.90. The zero-order chi connectivity index (χ0) is 14.5. The van der Waals surface area contributed by atoms with E-state index in [0.29, 0.717) is 18.3 Å². The van der Waals surface area contributed by atoms with Gasteiger partial charge in [0.2, 0.25) is 5.91 Å². The minimum Gasteiger partial charge on any atom is -0.316 e. The van der Waals surface area contributed by atoms with Gasteiger partial charge in [-0.25, -0.2) is 9.97 Å². The Morgan fingerprint density at radius 1 is 1.55 bits per heavy atom. The van der Waals surface area contributed by atoms with Crippen LogP contribution in [0.3, 0.4) is 0 Å². The molecule has 0 aliphatic carbocycles. The largest absolute Gasteiger partial charge is 0.316 e. The molecule has 1 amide bonds. The van der Waals surface area contributed by atoms with Crippen LogP contribution in [0.25, 0.3) is 0 Å². The van der Waals surface area contributed by atoms with Gasteiger partial charge in [-0.1, -0.05) is 30.1 Å². The van der Waals surface area contributed by atoms with Crippen LogP contribution >= 0.6 is 23.2 Å². The summed E-state index contributed by atoms with van der Waals surface area (Å²) in [7, 11) is 0. The number of nitrogens with zero attached hydrogens (tertiary/aromatic N) is 2. The van der Waals surface area contributed by atoms with Gasteiger partial charge in [-0.05, 0) is 37.8 Å². The molecule has 1 aromatic rings. The van der Waals surface area contributed by atoms with Gasteiger partial charge in [0.05, 0.1) is 0 Å². The minimum absolute atomic E-state index is 0.0975. The molecule has 2 heterocycles. The molecule has 5 nitrogen and oxygen atoms in total. The summed E-state index contributed by atoms with van der Waals surface area (Å²) in [5.74, 6) is 1.03. The average Bonchev–Trinajstić information content (AvgIpc) is 2.45. The van der Waals surface area contributed by atoms with E-state index in [2.05, 4.69) is 27.5 Å². The molecule has 0 bridgehead atoms. The topological polar surface area (TPSA) is 66.9 Å². The van der Waals surface area contributed by atoms with E-state index in [-0.39, 0.29) is 21.9 Å². The molecule has 1 aromatic heterocycles. The highest BCUT2D eigenvalue weighted by Gasteiger charge is 2.22. The zero-order valence-corrected chi connectivity index (χ0v) is 12.8. The third-order valence-electron chi connectivity index (χ3n) is 3.65. The van der Waals surface area contributed by atoms with Crippen molar-refractivity contribution >= 4 is 34.9 Å². The van der Waals surface area contributed by atoms with Gasteiger partial charge in [-0.3, -0.25) is 4.79 Å². The zero-order valence-electron chi connectivity index (χ0n) is 11.3. The molecule has 2 atom stereocenters. The lowest BCUT2D eigenvalue weighted by Crippen LogP contribution is -2.34. The highest BCUT2D eigenvalue weighted by Crippen LogP contribution is 2.27. The summed E-state index contributed by atoms with van der Waals surface area (Å²) in [6, 6.07) is 0. The molecule has 1 saturated heterocycles. The van der Waals surface area contributed by atoms with Crippen LogP contribution in [0, 0.1) is 11.8 Å². The molecule has 0 spiro atoms. The molecule has 7 heteroatoms. The molecular formula is C13H18Cl2N4O. The maximum absolute atomic E-state index is 12.0. The van der Waals surface area contributed by atoms with Crippen LogP contribution in [0.4, 0.5) is 5.82 Å². The molecule has 1 aliphatic heterocycles. The molecular weight excluding hydrogens is 299 g/mol. The van der Waals surface area contributed by atoms with Crippen molar-refractivity contribution in [1.29, 1.82) is 0 Å². The number of halogens is 2. The van der Waals surface area contributed by atoms with E-state index in [1.54, 1.807) is 0 Å². The van der Waals surface area contributed by atoms with Crippen LogP contribution in [0.1, 0.15) is 26.2 Å². The maximum Gasteiger partial charge on any atom is 0.225 e. The van der Waals surface area contributed by atoms with Crippen LogP contribution in [0.2, 0.25) is 10.2 Å².